The number of methoxy groups -OCH3 is 1. The minimum Gasteiger partial charge on any atom is -0.497 e. The largest absolute Gasteiger partial charge is 0.497 e. The highest BCUT2D eigenvalue weighted by Crippen LogP contribution is 2.27. The summed E-state index contributed by atoms with van der Waals surface area (Å²) in [6.45, 7) is 4.13. The van der Waals surface area contributed by atoms with Crippen LogP contribution < -0.4 is 10.1 Å². The zero-order valence-corrected chi connectivity index (χ0v) is 14.9. The summed E-state index contributed by atoms with van der Waals surface area (Å²) in [6.07, 6.45) is 2.17. The maximum absolute atomic E-state index is 12.6. The molecule has 0 bridgehead atoms. The van der Waals surface area contributed by atoms with Gasteiger partial charge in [-0.2, -0.15) is 5.10 Å². The number of nitrogens with zero attached hydrogens (tertiary/aromatic N) is 3. The molecule has 0 saturated carbocycles. The minimum absolute atomic E-state index is 0.192. The Hall–Kier alpha value is -2.83. The van der Waals surface area contributed by atoms with Crippen molar-refractivity contribution >= 4 is 11.6 Å². The van der Waals surface area contributed by atoms with Crippen LogP contribution in [0, 0.1) is 6.92 Å². The van der Waals surface area contributed by atoms with Gasteiger partial charge in [0, 0.05) is 31.3 Å². The summed E-state index contributed by atoms with van der Waals surface area (Å²) in [5.74, 6) is 0.582. The molecule has 2 heterocycles. The lowest BCUT2D eigenvalue weighted by Gasteiger charge is -2.20. The molecule has 1 amide bonds. The first-order chi connectivity index (χ1) is 11.9. The summed E-state index contributed by atoms with van der Waals surface area (Å²) in [6, 6.07) is 7.53. The monoisotopic (exact) mass is 342 g/mol. The van der Waals surface area contributed by atoms with Crippen molar-refractivity contribution in [2.45, 2.75) is 32.4 Å². The van der Waals surface area contributed by atoms with Crippen LogP contribution in [0.1, 0.15) is 30.2 Å². The summed E-state index contributed by atoms with van der Waals surface area (Å²) >= 11 is 0. The molecule has 1 N–H and O–H groups in total. The van der Waals surface area contributed by atoms with E-state index in [9.17, 15) is 4.79 Å². The molecule has 0 radical (unpaired) electrons. The Morgan fingerprint density at radius 1 is 1.40 bits per heavy atom. The van der Waals surface area contributed by atoms with E-state index in [2.05, 4.69) is 15.6 Å². The number of rotatable bonds is 5. The second-order valence-corrected chi connectivity index (χ2v) is 6.33. The molecule has 0 unspecified atom stereocenters. The number of carbonyl (C=O) groups is 1. The first-order valence-corrected chi connectivity index (χ1v) is 8.08. The second kappa shape index (κ2) is 6.58. The van der Waals surface area contributed by atoms with Gasteiger partial charge in [0.2, 0.25) is 5.60 Å². The van der Waals surface area contributed by atoms with Crippen LogP contribution in [-0.2, 0) is 23.2 Å². The zero-order valence-electron chi connectivity index (χ0n) is 14.9. The van der Waals surface area contributed by atoms with Crippen molar-refractivity contribution < 1.29 is 14.4 Å². The summed E-state index contributed by atoms with van der Waals surface area (Å²) < 4.78 is 6.93. The third-order valence-electron chi connectivity index (χ3n) is 4.54. The van der Waals surface area contributed by atoms with Gasteiger partial charge in [0.1, 0.15) is 5.75 Å². The Morgan fingerprint density at radius 3 is 2.72 bits per heavy atom. The lowest BCUT2D eigenvalue weighted by molar-refractivity contribution is -0.141. The Labute approximate surface area is 146 Å². The molecule has 1 aliphatic heterocycles. The van der Waals surface area contributed by atoms with Crippen LogP contribution in [0.2, 0.25) is 0 Å². The first kappa shape index (κ1) is 17.0. The Morgan fingerprint density at radius 2 is 2.12 bits per heavy atom. The molecule has 0 fully saturated rings. The van der Waals surface area contributed by atoms with Gasteiger partial charge in [-0.3, -0.25) is 9.48 Å². The lowest BCUT2D eigenvalue weighted by Crippen LogP contribution is -2.44. The van der Waals surface area contributed by atoms with Gasteiger partial charge >= 0.3 is 0 Å². The molecule has 1 atom stereocenters. The van der Waals surface area contributed by atoms with Crippen molar-refractivity contribution in [3.8, 4) is 5.75 Å². The molecule has 25 heavy (non-hydrogen) atoms. The molecule has 0 spiro atoms. The quantitative estimate of drug-likeness (QED) is 0.901. The maximum atomic E-state index is 12.6. The predicted octanol–water partition coefficient (Wildman–Crippen LogP) is 1.94. The van der Waals surface area contributed by atoms with E-state index in [-0.39, 0.29) is 5.91 Å². The van der Waals surface area contributed by atoms with Crippen molar-refractivity contribution in [1.29, 1.82) is 0 Å². The minimum atomic E-state index is -1.01. The van der Waals surface area contributed by atoms with E-state index in [1.807, 2.05) is 38.2 Å². The number of aryl methyl sites for hydroxylation is 1. The third-order valence-corrected chi connectivity index (χ3v) is 4.54. The van der Waals surface area contributed by atoms with Crippen LogP contribution >= 0.6 is 0 Å². The molecule has 0 saturated heterocycles. The normalized spacial score (nSPS) is 19.3. The summed E-state index contributed by atoms with van der Waals surface area (Å²) in [5, 5.41) is 11.2. The second-order valence-electron chi connectivity index (χ2n) is 6.33. The van der Waals surface area contributed by atoms with Gasteiger partial charge in [0.25, 0.3) is 5.91 Å². The topological polar surface area (TPSA) is 77.7 Å². The predicted molar refractivity (Wildman–Crippen MR) is 93.4 cm³/mol. The highest BCUT2D eigenvalue weighted by molar-refractivity contribution is 6.05. The first-order valence-electron chi connectivity index (χ1n) is 8.08. The smallest absolute Gasteiger partial charge is 0.267 e. The van der Waals surface area contributed by atoms with E-state index in [1.54, 1.807) is 24.9 Å². The highest BCUT2D eigenvalue weighted by Gasteiger charge is 2.42. The van der Waals surface area contributed by atoms with Crippen molar-refractivity contribution in [3.05, 3.63) is 47.3 Å². The Kier molecular flexibility index (Phi) is 4.48. The molecule has 7 heteroatoms. The van der Waals surface area contributed by atoms with E-state index in [1.165, 1.54) is 0 Å². The van der Waals surface area contributed by atoms with Crippen LogP contribution in [0.15, 0.2) is 35.6 Å². The average molecular weight is 342 g/mol. The molecule has 1 aromatic carbocycles. The molecule has 132 valence electrons. The lowest BCUT2D eigenvalue weighted by atomic mass is 9.95. The van der Waals surface area contributed by atoms with Crippen LogP contribution in [0.25, 0.3) is 0 Å². The van der Waals surface area contributed by atoms with E-state index < -0.39 is 5.60 Å². The number of aromatic nitrogens is 2. The number of hydrogen-bond acceptors (Lipinski definition) is 5. The fraction of sp³-hybridized carbons (Fsp3) is 0.389. The highest BCUT2D eigenvalue weighted by atomic mass is 16.7. The van der Waals surface area contributed by atoms with Gasteiger partial charge in [0.15, 0.2) is 0 Å². The van der Waals surface area contributed by atoms with E-state index >= 15 is 0 Å². The Bertz CT molecular complexity index is 810. The van der Waals surface area contributed by atoms with Crippen molar-refractivity contribution in [1.82, 2.24) is 15.1 Å². The Balaban J connectivity index is 1.63. The number of amides is 1. The number of benzene rings is 1. The van der Waals surface area contributed by atoms with Gasteiger partial charge in [-0.25, -0.2) is 0 Å². The standard InChI is InChI=1S/C18H22N4O3/c1-12-14(11-20-22(12)3)10-19-17(23)18(2)9-16(21-25-18)13-5-7-15(24-4)8-6-13/h5-8,11H,9-10H2,1-4H3,(H,19,23)/t18-/m0/s1. The van der Waals surface area contributed by atoms with Gasteiger partial charge in [-0.05, 0) is 43.7 Å². The number of nitrogens with one attached hydrogen (secondary N) is 1. The SMILES string of the molecule is COc1ccc(C2=NO[C@](C)(C(=O)NCc3cnn(C)c3C)C2)cc1. The average Bonchev–Trinajstić information content (AvgIpc) is 3.18. The molecule has 1 aromatic heterocycles. The van der Waals surface area contributed by atoms with Gasteiger partial charge < -0.3 is 14.9 Å². The van der Waals surface area contributed by atoms with E-state index in [4.69, 9.17) is 9.57 Å². The zero-order chi connectivity index (χ0) is 18.0. The van der Waals surface area contributed by atoms with Gasteiger partial charge in [-0.15, -0.1) is 0 Å². The third kappa shape index (κ3) is 3.35. The van der Waals surface area contributed by atoms with Crippen LogP contribution in [0.5, 0.6) is 5.75 Å². The van der Waals surface area contributed by atoms with Crippen molar-refractivity contribution in [3.63, 3.8) is 0 Å². The van der Waals surface area contributed by atoms with Crippen LogP contribution in [-0.4, -0.2) is 34.1 Å². The van der Waals surface area contributed by atoms with Crippen LogP contribution in [0.4, 0.5) is 0 Å². The fourth-order valence-corrected chi connectivity index (χ4v) is 2.68. The molecule has 1 aliphatic rings. The summed E-state index contributed by atoms with van der Waals surface area (Å²) in [4.78, 5) is 18.1. The molecule has 3 rings (SSSR count). The molecule has 2 aromatic rings. The summed E-state index contributed by atoms with van der Waals surface area (Å²) in [7, 11) is 3.49. The molecule has 0 aliphatic carbocycles. The number of ether oxygens (including phenoxy) is 1. The number of oxime groups is 1. The molecular formula is C18H22N4O3. The van der Waals surface area contributed by atoms with E-state index in [0.29, 0.717) is 13.0 Å². The van der Waals surface area contributed by atoms with E-state index in [0.717, 1.165) is 28.3 Å². The molecule has 7 nitrogen and oxygen atoms in total. The maximum Gasteiger partial charge on any atom is 0.267 e. The molecular weight excluding hydrogens is 320 g/mol. The van der Waals surface area contributed by atoms with Crippen molar-refractivity contribution in [2.75, 3.05) is 7.11 Å². The van der Waals surface area contributed by atoms with Gasteiger partial charge in [0.05, 0.1) is 19.0 Å². The van der Waals surface area contributed by atoms with Crippen LogP contribution in [0.3, 0.4) is 0 Å². The number of hydrogen-bond donors (Lipinski definition) is 1. The summed E-state index contributed by atoms with van der Waals surface area (Å²) in [5.41, 5.74) is 2.66. The fourth-order valence-electron chi connectivity index (χ4n) is 2.68. The van der Waals surface area contributed by atoms with Crippen molar-refractivity contribution in [2.24, 2.45) is 12.2 Å². The van der Waals surface area contributed by atoms with Gasteiger partial charge in [-0.1, -0.05) is 5.16 Å². The number of carbonyl (C=O) groups excluding carboxylic acids is 1.